The second-order valence-corrected chi connectivity index (χ2v) is 3.65. The van der Waals surface area contributed by atoms with Crippen LogP contribution in [0.3, 0.4) is 0 Å². The van der Waals surface area contributed by atoms with Crippen LogP contribution in [0, 0.1) is 13.8 Å². The lowest BCUT2D eigenvalue weighted by Crippen LogP contribution is -2.00. The number of aryl methyl sites for hydroxylation is 2. The van der Waals surface area contributed by atoms with Crippen LogP contribution in [0.5, 0.6) is 5.75 Å². The fraction of sp³-hybridized carbons (Fsp3) is 0.250. The van der Waals surface area contributed by atoms with Gasteiger partial charge in [0.2, 0.25) is 0 Å². The van der Waals surface area contributed by atoms with Gasteiger partial charge in [0.25, 0.3) is 5.24 Å². The van der Waals surface area contributed by atoms with Crippen LogP contribution >= 0.6 is 11.6 Å². The Morgan fingerprint density at radius 1 is 1.47 bits per heavy atom. The van der Waals surface area contributed by atoms with E-state index in [4.69, 9.17) is 16.3 Å². The number of halogens is 1. The Bertz CT molecular complexity index is 374. The van der Waals surface area contributed by atoms with E-state index in [2.05, 4.69) is 6.58 Å². The van der Waals surface area contributed by atoms with Crippen molar-refractivity contribution in [3.8, 4) is 5.75 Å². The molecule has 0 amide bonds. The molecule has 0 aliphatic rings. The van der Waals surface area contributed by atoms with Gasteiger partial charge in [0.1, 0.15) is 12.4 Å². The molecular weight excluding hydrogens is 212 g/mol. The molecule has 80 valence electrons. The molecule has 15 heavy (non-hydrogen) atoms. The van der Waals surface area contributed by atoms with E-state index in [0.29, 0.717) is 12.2 Å². The van der Waals surface area contributed by atoms with E-state index in [0.717, 1.165) is 16.9 Å². The zero-order valence-corrected chi connectivity index (χ0v) is 9.60. The van der Waals surface area contributed by atoms with Crippen LogP contribution < -0.4 is 4.74 Å². The molecule has 0 radical (unpaired) electrons. The van der Waals surface area contributed by atoms with Gasteiger partial charge >= 0.3 is 0 Å². The molecule has 0 N–H and O–H groups in total. The minimum absolute atomic E-state index is 0.430. The Kier molecular flexibility index (Phi) is 3.92. The Labute approximate surface area is 94.5 Å². The maximum atomic E-state index is 11.1. The summed E-state index contributed by atoms with van der Waals surface area (Å²) in [5, 5.41) is -0.430. The number of carbonyl (C=O) groups excluding carboxylic acids is 1. The molecule has 0 fully saturated rings. The number of ether oxygens (including phenoxy) is 1. The Morgan fingerprint density at radius 2 is 2.00 bits per heavy atom. The van der Waals surface area contributed by atoms with Crippen LogP contribution in [-0.4, -0.2) is 11.8 Å². The highest BCUT2D eigenvalue weighted by Gasteiger charge is 2.11. The van der Waals surface area contributed by atoms with Crippen LogP contribution in [0.1, 0.15) is 21.5 Å². The molecule has 2 nitrogen and oxygen atoms in total. The van der Waals surface area contributed by atoms with Gasteiger partial charge in [-0.3, -0.25) is 4.79 Å². The van der Waals surface area contributed by atoms with Gasteiger partial charge in [-0.05, 0) is 48.7 Å². The van der Waals surface area contributed by atoms with Gasteiger partial charge in [-0.15, -0.1) is 0 Å². The molecule has 1 rings (SSSR count). The fourth-order valence-electron chi connectivity index (χ4n) is 1.47. The van der Waals surface area contributed by atoms with Gasteiger partial charge < -0.3 is 4.74 Å². The third kappa shape index (κ3) is 2.83. The summed E-state index contributed by atoms with van der Waals surface area (Å²) in [6.45, 7) is 7.69. The number of carbonyl (C=O) groups is 1. The first-order valence-corrected chi connectivity index (χ1v) is 4.99. The summed E-state index contributed by atoms with van der Waals surface area (Å²) in [6, 6.07) is 3.60. The third-order valence-corrected chi connectivity index (χ3v) is 2.26. The first-order chi connectivity index (χ1) is 7.06. The lowest BCUT2D eigenvalue weighted by molar-refractivity contribution is 0.108. The SMILES string of the molecule is C=CCOc1cc(C)c(C(=O)Cl)c(C)c1. The monoisotopic (exact) mass is 224 g/mol. The topological polar surface area (TPSA) is 26.3 Å². The van der Waals surface area contributed by atoms with Crippen LogP contribution in [0.2, 0.25) is 0 Å². The van der Waals surface area contributed by atoms with Crippen LogP contribution in [-0.2, 0) is 0 Å². The van der Waals surface area contributed by atoms with Crippen molar-refractivity contribution in [1.82, 2.24) is 0 Å². The molecule has 0 spiro atoms. The Morgan fingerprint density at radius 3 is 2.40 bits per heavy atom. The van der Waals surface area contributed by atoms with E-state index < -0.39 is 5.24 Å². The number of rotatable bonds is 4. The first kappa shape index (κ1) is 11.8. The summed E-state index contributed by atoms with van der Waals surface area (Å²) in [5.74, 6) is 0.728. The molecule has 0 unspecified atom stereocenters. The number of hydrogen-bond donors (Lipinski definition) is 0. The van der Waals surface area contributed by atoms with E-state index in [1.54, 1.807) is 18.2 Å². The van der Waals surface area contributed by atoms with Gasteiger partial charge in [0.05, 0.1) is 0 Å². The molecule has 0 aliphatic heterocycles. The van der Waals surface area contributed by atoms with Crippen molar-refractivity contribution in [2.45, 2.75) is 13.8 Å². The first-order valence-electron chi connectivity index (χ1n) is 4.61. The summed E-state index contributed by atoms with van der Waals surface area (Å²) in [4.78, 5) is 11.1. The van der Waals surface area contributed by atoms with Crippen LogP contribution in [0.15, 0.2) is 24.8 Å². The highest BCUT2D eigenvalue weighted by molar-refractivity contribution is 6.68. The van der Waals surface area contributed by atoms with Crippen molar-refractivity contribution in [3.05, 3.63) is 41.5 Å². The molecule has 1 aromatic carbocycles. The Balaban J connectivity index is 3.07. The van der Waals surface area contributed by atoms with Crippen LogP contribution in [0.4, 0.5) is 0 Å². The largest absolute Gasteiger partial charge is 0.490 e. The van der Waals surface area contributed by atoms with Gasteiger partial charge in [-0.1, -0.05) is 12.7 Å². The zero-order chi connectivity index (χ0) is 11.4. The summed E-state index contributed by atoms with van der Waals surface area (Å²) < 4.78 is 5.38. The van der Waals surface area contributed by atoms with Crippen molar-refractivity contribution in [2.24, 2.45) is 0 Å². The molecular formula is C12H13ClO2. The lowest BCUT2D eigenvalue weighted by Gasteiger charge is -2.09. The summed E-state index contributed by atoms with van der Waals surface area (Å²) in [7, 11) is 0. The van der Waals surface area contributed by atoms with Gasteiger partial charge in [0, 0.05) is 5.56 Å². The Hall–Kier alpha value is -1.28. The van der Waals surface area contributed by atoms with E-state index in [1.165, 1.54) is 0 Å². The average Bonchev–Trinajstić information content (AvgIpc) is 2.12. The van der Waals surface area contributed by atoms with Gasteiger partial charge in [-0.2, -0.15) is 0 Å². The molecule has 3 heteroatoms. The standard InChI is InChI=1S/C12H13ClO2/c1-4-5-15-10-6-8(2)11(12(13)14)9(3)7-10/h4,6-7H,1,5H2,2-3H3. The van der Waals surface area contributed by atoms with Crippen molar-refractivity contribution in [1.29, 1.82) is 0 Å². The van der Waals surface area contributed by atoms with Crippen molar-refractivity contribution in [2.75, 3.05) is 6.61 Å². The summed E-state index contributed by atoms with van der Waals surface area (Å²) in [6.07, 6.45) is 1.67. The minimum Gasteiger partial charge on any atom is -0.490 e. The summed E-state index contributed by atoms with van der Waals surface area (Å²) >= 11 is 5.47. The normalized spacial score (nSPS) is 9.80. The fourth-order valence-corrected chi connectivity index (χ4v) is 1.77. The highest BCUT2D eigenvalue weighted by atomic mass is 35.5. The molecule has 0 saturated carbocycles. The molecule has 0 bridgehead atoms. The second kappa shape index (κ2) is 4.99. The van der Waals surface area contributed by atoms with Crippen molar-refractivity contribution < 1.29 is 9.53 Å². The quantitative estimate of drug-likeness (QED) is 0.580. The molecule has 0 heterocycles. The third-order valence-electron chi connectivity index (χ3n) is 2.07. The van der Waals surface area contributed by atoms with E-state index in [9.17, 15) is 4.79 Å². The number of benzene rings is 1. The van der Waals surface area contributed by atoms with E-state index >= 15 is 0 Å². The molecule has 0 aromatic heterocycles. The molecule has 0 aliphatic carbocycles. The predicted molar refractivity (Wildman–Crippen MR) is 61.8 cm³/mol. The lowest BCUT2D eigenvalue weighted by atomic mass is 10.0. The van der Waals surface area contributed by atoms with Crippen LogP contribution in [0.25, 0.3) is 0 Å². The van der Waals surface area contributed by atoms with E-state index in [1.807, 2.05) is 13.8 Å². The van der Waals surface area contributed by atoms with Gasteiger partial charge in [0.15, 0.2) is 0 Å². The predicted octanol–water partition coefficient (Wildman–Crippen LogP) is 3.25. The molecule has 0 atom stereocenters. The van der Waals surface area contributed by atoms with Crippen molar-refractivity contribution >= 4 is 16.8 Å². The van der Waals surface area contributed by atoms with Crippen molar-refractivity contribution in [3.63, 3.8) is 0 Å². The summed E-state index contributed by atoms with van der Waals surface area (Å²) in [5.41, 5.74) is 2.21. The van der Waals surface area contributed by atoms with Gasteiger partial charge in [-0.25, -0.2) is 0 Å². The molecule has 1 aromatic rings. The zero-order valence-electron chi connectivity index (χ0n) is 8.84. The average molecular weight is 225 g/mol. The smallest absolute Gasteiger partial charge is 0.252 e. The maximum absolute atomic E-state index is 11.1. The molecule has 0 saturated heterocycles. The second-order valence-electron chi connectivity index (χ2n) is 3.31. The van der Waals surface area contributed by atoms with E-state index in [-0.39, 0.29) is 0 Å². The highest BCUT2D eigenvalue weighted by Crippen LogP contribution is 2.23. The maximum Gasteiger partial charge on any atom is 0.252 e. The minimum atomic E-state index is -0.430. The number of hydrogen-bond acceptors (Lipinski definition) is 2.